The number of ether oxygens (including phenoxy) is 1. The summed E-state index contributed by atoms with van der Waals surface area (Å²) in [6.45, 7) is 1.32. The number of aliphatic hydroxyl groups excluding tert-OH is 1. The van der Waals surface area contributed by atoms with E-state index in [9.17, 15) is 53.1 Å². The summed E-state index contributed by atoms with van der Waals surface area (Å²) in [5.41, 5.74) is -7.59. The minimum Gasteiger partial charge on any atom is -0.460 e. The highest BCUT2D eigenvalue weighted by molar-refractivity contribution is 5.81. The first kappa shape index (κ1) is 23.4. The molecule has 0 aromatic heterocycles. The van der Waals surface area contributed by atoms with Gasteiger partial charge in [0.05, 0.1) is 6.10 Å². The van der Waals surface area contributed by atoms with Crippen LogP contribution in [0.5, 0.6) is 0 Å². The first-order valence-corrected chi connectivity index (χ1v) is 5.90. The predicted molar refractivity (Wildman–Crippen MR) is 57.6 cm³/mol. The zero-order valence-corrected chi connectivity index (χ0v) is 11.7. The van der Waals surface area contributed by atoms with Gasteiger partial charge in [-0.3, -0.25) is 0 Å². The number of halogens is 11. The fraction of sp³-hybridized carbons (Fsp3) is 0.727. The van der Waals surface area contributed by atoms with Crippen LogP contribution in [0.2, 0.25) is 0 Å². The van der Waals surface area contributed by atoms with Gasteiger partial charge in [-0.25, -0.2) is 9.18 Å². The molecule has 0 aliphatic carbocycles. The van der Waals surface area contributed by atoms with Crippen LogP contribution in [0.4, 0.5) is 48.3 Å². The van der Waals surface area contributed by atoms with Crippen molar-refractivity contribution in [1.29, 1.82) is 0 Å². The molecule has 0 unspecified atom stereocenters. The highest BCUT2D eigenvalue weighted by atomic mass is 19.4. The van der Waals surface area contributed by atoms with Gasteiger partial charge in [-0.05, 0) is 0 Å². The fourth-order valence-corrected chi connectivity index (χ4v) is 1.49. The van der Waals surface area contributed by atoms with Crippen molar-refractivity contribution >= 4 is 5.97 Å². The summed E-state index contributed by atoms with van der Waals surface area (Å²) in [5, 5.41) is 8.95. The Labute approximate surface area is 132 Å². The first-order valence-electron chi connectivity index (χ1n) is 5.90. The standard InChI is InChI=1S/C11H9F11O3/c1-2-6(24)25-4-5(23)3-7(12,13)9(15,16)8(14,10(17,18)19)11(20,21)22/h2,5,23H,1,3-4H2/t5-/m0/s1. The van der Waals surface area contributed by atoms with Gasteiger partial charge in [-0.2, -0.15) is 43.9 Å². The Kier molecular flexibility index (Phi) is 6.51. The van der Waals surface area contributed by atoms with Crippen molar-refractivity contribution in [3.63, 3.8) is 0 Å². The largest absolute Gasteiger partial charge is 0.460 e. The zero-order valence-electron chi connectivity index (χ0n) is 11.7. The van der Waals surface area contributed by atoms with Gasteiger partial charge in [-0.1, -0.05) is 6.58 Å². The average molecular weight is 398 g/mol. The lowest BCUT2D eigenvalue weighted by atomic mass is 9.88. The van der Waals surface area contributed by atoms with Crippen molar-refractivity contribution in [2.75, 3.05) is 6.61 Å². The van der Waals surface area contributed by atoms with Gasteiger partial charge in [0.1, 0.15) is 6.61 Å². The van der Waals surface area contributed by atoms with E-state index in [-0.39, 0.29) is 0 Å². The molecule has 3 nitrogen and oxygen atoms in total. The Morgan fingerprint density at radius 1 is 0.960 bits per heavy atom. The third-order valence-electron chi connectivity index (χ3n) is 2.75. The average Bonchev–Trinajstić information content (AvgIpc) is 2.40. The molecule has 0 rings (SSSR count). The molecule has 0 bridgehead atoms. The van der Waals surface area contributed by atoms with Gasteiger partial charge in [-0.15, -0.1) is 0 Å². The van der Waals surface area contributed by atoms with E-state index < -0.39 is 55.0 Å². The molecule has 148 valence electrons. The zero-order chi connectivity index (χ0) is 20.5. The Morgan fingerprint density at radius 3 is 1.68 bits per heavy atom. The lowest BCUT2D eigenvalue weighted by molar-refractivity contribution is -0.428. The second kappa shape index (κ2) is 6.96. The summed E-state index contributed by atoms with van der Waals surface area (Å²) >= 11 is 0. The number of esters is 1. The normalized spacial score (nSPS) is 15.7. The van der Waals surface area contributed by atoms with Crippen LogP contribution >= 0.6 is 0 Å². The van der Waals surface area contributed by atoms with Gasteiger partial charge in [0, 0.05) is 12.5 Å². The monoisotopic (exact) mass is 398 g/mol. The maximum atomic E-state index is 13.3. The summed E-state index contributed by atoms with van der Waals surface area (Å²) < 4.78 is 144. The molecule has 0 aromatic rings. The second-order valence-corrected chi connectivity index (χ2v) is 4.62. The van der Waals surface area contributed by atoms with E-state index in [0.29, 0.717) is 6.08 Å². The van der Waals surface area contributed by atoms with E-state index >= 15 is 0 Å². The maximum Gasteiger partial charge on any atom is 0.438 e. The minimum atomic E-state index is -7.59. The number of aliphatic hydroxyl groups is 1. The van der Waals surface area contributed by atoms with Crippen LogP contribution < -0.4 is 0 Å². The van der Waals surface area contributed by atoms with Crippen molar-refractivity contribution < 1.29 is 62.9 Å². The molecule has 0 aromatic carbocycles. The van der Waals surface area contributed by atoms with E-state index in [4.69, 9.17) is 5.11 Å². The smallest absolute Gasteiger partial charge is 0.438 e. The quantitative estimate of drug-likeness (QED) is 0.405. The molecule has 0 saturated carbocycles. The van der Waals surface area contributed by atoms with Gasteiger partial charge < -0.3 is 9.84 Å². The topological polar surface area (TPSA) is 46.5 Å². The Balaban J connectivity index is 5.70. The van der Waals surface area contributed by atoms with E-state index in [0.717, 1.165) is 0 Å². The molecule has 25 heavy (non-hydrogen) atoms. The molecule has 1 N–H and O–H groups in total. The fourth-order valence-electron chi connectivity index (χ4n) is 1.49. The van der Waals surface area contributed by atoms with Gasteiger partial charge in [0.15, 0.2) is 0 Å². The Bertz CT molecular complexity index is 480. The maximum absolute atomic E-state index is 13.3. The van der Waals surface area contributed by atoms with Crippen molar-refractivity contribution in [3.05, 3.63) is 12.7 Å². The van der Waals surface area contributed by atoms with E-state index in [1.807, 2.05) is 0 Å². The van der Waals surface area contributed by atoms with Gasteiger partial charge in [0.2, 0.25) is 0 Å². The summed E-state index contributed by atoms with van der Waals surface area (Å²) in [6, 6.07) is 0. The van der Waals surface area contributed by atoms with Gasteiger partial charge >= 0.3 is 35.8 Å². The van der Waals surface area contributed by atoms with E-state index in [1.54, 1.807) is 0 Å². The molecular formula is C11H9F11O3. The van der Waals surface area contributed by atoms with E-state index in [2.05, 4.69) is 11.3 Å². The Hall–Kier alpha value is -1.60. The third kappa shape index (κ3) is 4.33. The second-order valence-electron chi connectivity index (χ2n) is 4.62. The molecule has 0 aliphatic heterocycles. The number of alkyl halides is 11. The lowest BCUT2D eigenvalue weighted by Crippen LogP contribution is -2.70. The van der Waals surface area contributed by atoms with Crippen LogP contribution in [0.1, 0.15) is 6.42 Å². The molecule has 0 amide bonds. The number of hydrogen-bond donors (Lipinski definition) is 1. The third-order valence-corrected chi connectivity index (χ3v) is 2.75. The highest BCUT2D eigenvalue weighted by Crippen LogP contribution is 2.59. The number of rotatable bonds is 7. The van der Waals surface area contributed by atoms with Crippen molar-refractivity contribution in [1.82, 2.24) is 0 Å². The Morgan fingerprint density at radius 2 is 1.36 bits per heavy atom. The van der Waals surface area contributed by atoms with Crippen LogP contribution in [0.3, 0.4) is 0 Å². The molecule has 0 saturated heterocycles. The minimum absolute atomic E-state index is 0.430. The molecular weight excluding hydrogens is 389 g/mol. The summed E-state index contributed by atoms with van der Waals surface area (Å²) in [7, 11) is 0. The SMILES string of the molecule is C=CC(=O)OC[C@@H](O)CC(F)(F)C(F)(F)C(F)(C(F)(F)F)C(F)(F)F. The number of carbonyl (C=O) groups is 1. The van der Waals surface area contributed by atoms with Crippen molar-refractivity contribution in [2.24, 2.45) is 0 Å². The van der Waals surface area contributed by atoms with Crippen LogP contribution in [0, 0.1) is 0 Å². The van der Waals surface area contributed by atoms with Crippen LogP contribution in [0.15, 0.2) is 12.7 Å². The first-order chi connectivity index (χ1) is 10.8. The van der Waals surface area contributed by atoms with Crippen LogP contribution in [0.25, 0.3) is 0 Å². The van der Waals surface area contributed by atoms with Crippen molar-refractivity contribution in [2.45, 2.75) is 42.4 Å². The molecule has 0 heterocycles. The lowest BCUT2D eigenvalue weighted by Gasteiger charge is -2.40. The highest BCUT2D eigenvalue weighted by Gasteiger charge is 2.89. The number of hydrogen-bond acceptors (Lipinski definition) is 3. The molecule has 0 spiro atoms. The van der Waals surface area contributed by atoms with Crippen LogP contribution in [-0.4, -0.2) is 53.7 Å². The van der Waals surface area contributed by atoms with E-state index in [1.165, 1.54) is 0 Å². The predicted octanol–water partition coefficient (Wildman–Crippen LogP) is 3.57. The molecule has 0 fully saturated rings. The molecule has 1 atom stereocenters. The summed E-state index contributed by atoms with van der Waals surface area (Å²) in [6.07, 6.45) is -20.0. The van der Waals surface area contributed by atoms with Gasteiger partial charge in [0.25, 0.3) is 0 Å². The van der Waals surface area contributed by atoms with Crippen LogP contribution in [-0.2, 0) is 9.53 Å². The molecule has 0 radical (unpaired) electrons. The van der Waals surface area contributed by atoms with Crippen molar-refractivity contribution in [3.8, 4) is 0 Å². The molecule has 14 heteroatoms. The molecule has 0 aliphatic rings. The summed E-state index contributed by atoms with van der Waals surface area (Å²) in [4.78, 5) is 10.6. The summed E-state index contributed by atoms with van der Waals surface area (Å²) in [5.74, 6) is -15.0. The number of carbonyl (C=O) groups excluding carboxylic acids is 1.